The van der Waals surface area contributed by atoms with Crippen LogP contribution in [0.5, 0.6) is 5.88 Å². The van der Waals surface area contributed by atoms with E-state index in [1.165, 1.54) is 12.1 Å². The summed E-state index contributed by atoms with van der Waals surface area (Å²) in [7, 11) is -2.09. The van der Waals surface area contributed by atoms with Gasteiger partial charge in [0.05, 0.1) is 12.0 Å². The molecule has 20 heavy (non-hydrogen) atoms. The maximum Gasteiger partial charge on any atom is 0.238 e. The molecule has 1 aromatic heterocycles. The summed E-state index contributed by atoms with van der Waals surface area (Å²) >= 11 is 0. The fourth-order valence-corrected chi connectivity index (χ4v) is 2.15. The topological polar surface area (TPSA) is 94.3 Å². The SMILES string of the molecule is COc1cc(NCc2ccc(S(N)(=O)=O)cc2)ccn1. The van der Waals surface area contributed by atoms with Gasteiger partial charge in [0.1, 0.15) is 0 Å². The van der Waals surface area contributed by atoms with Gasteiger partial charge in [-0.15, -0.1) is 0 Å². The molecule has 0 spiro atoms. The summed E-state index contributed by atoms with van der Waals surface area (Å²) in [6.45, 7) is 0.554. The zero-order valence-corrected chi connectivity index (χ0v) is 11.7. The molecule has 0 atom stereocenters. The number of pyridine rings is 1. The van der Waals surface area contributed by atoms with Crippen LogP contribution in [0.2, 0.25) is 0 Å². The molecule has 0 bridgehead atoms. The first kappa shape index (κ1) is 14.3. The summed E-state index contributed by atoms with van der Waals surface area (Å²) in [5, 5.41) is 8.23. The molecule has 0 aliphatic rings. The van der Waals surface area contributed by atoms with Gasteiger partial charge in [0.2, 0.25) is 15.9 Å². The molecule has 0 aliphatic carbocycles. The second-order valence-electron chi connectivity index (χ2n) is 4.13. The zero-order chi connectivity index (χ0) is 14.6. The Bertz CT molecular complexity index is 684. The highest BCUT2D eigenvalue weighted by molar-refractivity contribution is 7.89. The lowest BCUT2D eigenvalue weighted by atomic mass is 10.2. The van der Waals surface area contributed by atoms with E-state index in [0.717, 1.165) is 11.3 Å². The van der Waals surface area contributed by atoms with Crippen LogP contribution in [-0.2, 0) is 16.6 Å². The molecule has 0 saturated heterocycles. The zero-order valence-electron chi connectivity index (χ0n) is 10.9. The summed E-state index contributed by atoms with van der Waals surface area (Å²) in [6, 6.07) is 10.00. The quantitative estimate of drug-likeness (QED) is 0.867. The summed E-state index contributed by atoms with van der Waals surface area (Å²) in [5.74, 6) is 0.527. The van der Waals surface area contributed by atoms with Crippen LogP contribution in [0.3, 0.4) is 0 Å². The van der Waals surface area contributed by atoms with E-state index < -0.39 is 10.0 Å². The molecule has 0 aliphatic heterocycles. The van der Waals surface area contributed by atoms with Gasteiger partial charge in [-0.3, -0.25) is 0 Å². The van der Waals surface area contributed by atoms with E-state index in [1.807, 2.05) is 6.07 Å². The maximum absolute atomic E-state index is 11.1. The van der Waals surface area contributed by atoms with Crippen LogP contribution in [0, 0.1) is 0 Å². The molecule has 0 unspecified atom stereocenters. The smallest absolute Gasteiger partial charge is 0.238 e. The van der Waals surface area contributed by atoms with E-state index >= 15 is 0 Å². The normalized spacial score (nSPS) is 11.1. The number of hydrogen-bond donors (Lipinski definition) is 2. The van der Waals surface area contributed by atoms with E-state index in [4.69, 9.17) is 9.88 Å². The van der Waals surface area contributed by atoms with E-state index in [2.05, 4.69) is 10.3 Å². The second kappa shape index (κ2) is 5.89. The summed E-state index contributed by atoms with van der Waals surface area (Å²) in [4.78, 5) is 4.11. The fourth-order valence-electron chi connectivity index (χ4n) is 1.63. The molecule has 6 nitrogen and oxygen atoms in total. The van der Waals surface area contributed by atoms with Gasteiger partial charge in [0, 0.05) is 24.5 Å². The number of benzene rings is 1. The van der Waals surface area contributed by atoms with Gasteiger partial charge in [-0.2, -0.15) is 0 Å². The third-order valence-corrected chi connectivity index (χ3v) is 3.62. The number of nitrogens with two attached hydrogens (primary N) is 1. The number of hydrogen-bond acceptors (Lipinski definition) is 5. The van der Waals surface area contributed by atoms with Gasteiger partial charge in [-0.1, -0.05) is 12.1 Å². The van der Waals surface area contributed by atoms with Gasteiger partial charge >= 0.3 is 0 Å². The van der Waals surface area contributed by atoms with Crippen molar-refractivity contribution < 1.29 is 13.2 Å². The fraction of sp³-hybridized carbons (Fsp3) is 0.154. The van der Waals surface area contributed by atoms with E-state index in [-0.39, 0.29) is 4.90 Å². The van der Waals surface area contributed by atoms with Gasteiger partial charge in [-0.25, -0.2) is 18.5 Å². The van der Waals surface area contributed by atoms with Gasteiger partial charge in [0.15, 0.2) is 0 Å². The van der Waals surface area contributed by atoms with Crippen LogP contribution in [0.25, 0.3) is 0 Å². The molecule has 2 rings (SSSR count). The molecule has 7 heteroatoms. The first-order valence-corrected chi connectivity index (χ1v) is 7.39. The molecule has 3 N–H and O–H groups in total. The molecule has 0 radical (unpaired) electrons. The number of nitrogens with zero attached hydrogens (tertiary/aromatic N) is 1. The first-order valence-electron chi connectivity index (χ1n) is 5.85. The Morgan fingerprint density at radius 1 is 1.25 bits per heavy atom. The molecule has 106 valence electrons. The summed E-state index contributed by atoms with van der Waals surface area (Å²) in [5.41, 5.74) is 1.81. The number of nitrogens with one attached hydrogen (secondary N) is 1. The maximum atomic E-state index is 11.1. The number of aromatic nitrogens is 1. The third-order valence-electron chi connectivity index (χ3n) is 2.69. The van der Waals surface area contributed by atoms with Crippen molar-refractivity contribution in [2.75, 3.05) is 12.4 Å². The minimum atomic E-state index is -3.64. The Morgan fingerprint density at radius 2 is 1.95 bits per heavy atom. The van der Waals surface area contributed by atoms with Crippen molar-refractivity contribution in [1.29, 1.82) is 0 Å². The molecule has 0 amide bonds. The van der Waals surface area contributed by atoms with Crippen LogP contribution in [0.15, 0.2) is 47.5 Å². The highest BCUT2D eigenvalue weighted by Gasteiger charge is 2.06. The van der Waals surface area contributed by atoms with Crippen molar-refractivity contribution in [3.63, 3.8) is 0 Å². The number of rotatable bonds is 5. The molecule has 1 aromatic carbocycles. The molecular weight excluding hydrogens is 278 g/mol. The molecule has 0 fully saturated rings. The minimum Gasteiger partial charge on any atom is -0.481 e. The van der Waals surface area contributed by atoms with Crippen molar-refractivity contribution in [2.45, 2.75) is 11.4 Å². The van der Waals surface area contributed by atoms with Gasteiger partial charge in [-0.05, 0) is 23.8 Å². The van der Waals surface area contributed by atoms with Crippen molar-refractivity contribution in [1.82, 2.24) is 4.98 Å². The molecular formula is C13H15N3O3S. The predicted molar refractivity (Wildman–Crippen MR) is 75.9 cm³/mol. The van der Waals surface area contributed by atoms with Crippen LogP contribution >= 0.6 is 0 Å². The Hall–Kier alpha value is -2.12. The lowest BCUT2D eigenvalue weighted by Crippen LogP contribution is -2.12. The number of sulfonamides is 1. The van der Waals surface area contributed by atoms with Crippen LogP contribution in [0.4, 0.5) is 5.69 Å². The Morgan fingerprint density at radius 3 is 2.55 bits per heavy atom. The van der Waals surface area contributed by atoms with Crippen LogP contribution in [0.1, 0.15) is 5.56 Å². The van der Waals surface area contributed by atoms with Gasteiger partial charge < -0.3 is 10.1 Å². The minimum absolute atomic E-state index is 0.104. The van der Waals surface area contributed by atoms with E-state index in [9.17, 15) is 8.42 Å². The van der Waals surface area contributed by atoms with Crippen molar-refractivity contribution in [2.24, 2.45) is 5.14 Å². The molecule has 0 saturated carbocycles. The van der Waals surface area contributed by atoms with Crippen molar-refractivity contribution in [3.8, 4) is 5.88 Å². The predicted octanol–water partition coefficient (Wildman–Crippen LogP) is 1.35. The standard InChI is InChI=1S/C13H15N3O3S/c1-19-13-8-11(6-7-15-13)16-9-10-2-4-12(5-3-10)20(14,17)18/h2-8H,9H2,1H3,(H,15,16)(H2,14,17,18). The summed E-state index contributed by atoms with van der Waals surface area (Å²) in [6.07, 6.45) is 1.64. The summed E-state index contributed by atoms with van der Waals surface area (Å²) < 4.78 is 27.3. The number of anilines is 1. The second-order valence-corrected chi connectivity index (χ2v) is 5.69. The average Bonchev–Trinajstić information content (AvgIpc) is 2.45. The lowest BCUT2D eigenvalue weighted by Gasteiger charge is -2.08. The average molecular weight is 293 g/mol. The number of primary sulfonamides is 1. The molecule has 1 heterocycles. The third kappa shape index (κ3) is 3.69. The van der Waals surface area contributed by atoms with Crippen molar-refractivity contribution >= 4 is 15.7 Å². The van der Waals surface area contributed by atoms with Crippen molar-refractivity contribution in [3.05, 3.63) is 48.2 Å². The largest absolute Gasteiger partial charge is 0.481 e. The highest BCUT2D eigenvalue weighted by atomic mass is 32.2. The van der Waals surface area contributed by atoms with Gasteiger partial charge in [0.25, 0.3) is 0 Å². The Labute approximate surface area is 117 Å². The van der Waals surface area contributed by atoms with Crippen LogP contribution < -0.4 is 15.2 Å². The number of ether oxygens (including phenoxy) is 1. The van der Waals surface area contributed by atoms with Crippen LogP contribution in [-0.4, -0.2) is 20.5 Å². The van der Waals surface area contributed by atoms with E-state index in [1.54, 1.807) is 31.5 Å². The first-order chi connectivity index (χ1) is 9.49. The van der Waals surface area contributed by atoms with E-state index in [0.29, 0.717) is 12.4 Å². The monoisotopic (exact) mass is 293 g/mol. The Balaban J connectivity index is 2.04. The highest BCUT2D eigenvalue weighted by Crippen LogP contribution is 2.15. The number of methoxy groups -OCH3 is 1. The molecule has 2 aromatic rings. The lowest BCUT2D eigenvalue weighted by molar-refractivity contribution is 0.398. The Kier molecular flexibility index (Phi) is 4.21.